The Labute approximate surface area is 113 Å². The second-order valence-electron chi connectivity index (χ2n) is 5.46. The minimum atomic E-state index is -0.638. The topological polar surface area (TPSA) is 32.3 Å². The predicted octanol–water partition coefficient (Wildman–Crippen LogP) is 2.31. The second-order valence-corrected chi connectivity index (χ2v) is 6.68. The molecular formula is C15H21NOS. The summed E-state index contributed by atoms with van der Waals surface area (Å²) < 4.78 is 0. The Morgan fingerprint density at radius 2 is 2.06 bits per heavy atom. The van der Waals surface area contributed by atoms with E-state index in [9.17, 15) is 5.11 Å². The van der Waals surface area contributed by atoms with Crippen LogP contribution in [0.3, 0.4) is 0 Å². The van der Waals surface area contributed by atoms with Crippen molar-refractivity contribution in [3.05, 3.63) is 35.4 Å². The maximum atomic E-state index is 10.8. The summed E-state index contributed by atoms with van der Waals surface area (Å²) in [7, 11) is 0. The lowest BCUT2D eigenvalue weighted by molar-refractivity contribution is 0.0355. The van der Waals surface area contributed by atoms with E-state index in [0.29, 0.717) is 12.6 Å². The van der Waals surface area contributed by atoms with Gasteiger partial charge >= 0.3 is 0 Å². The van der Waals surface area contributed by atoms with E-state index in [-0.39, 0.29) is 0 Å². The van der Waals surface area contributed by atoms with E-state index < -0.39 is 5.60 Å². The number of fused-ring (bicyclic) bond motifs is 1. The number of thioether (sulfide) groups is 1. The van der Waals surface area contributed by atoms with Crippen LogP contribution in [0.4, 0.5) is 0 Å². The third-order valence-corrected chi connectivity index (χ3v) is 5.28. The first-order chi connectivity index (χ1) is 8.78. The Morgan fingerprint density at radius 1 is 1.28 bits per heavy atom. The van der Waals surface area contributed by atoms with E-state index in [1.807, 2.05) is 17.8 Å². The van der Waals surface area contributed by atoms with Gasteiger partial charge in [-0.3, -0.25) is 0 Å². The summed E-state index contributed by atoms with van der Waals surface area (Å²) in [5, 5.41) is 14.4. The Morgan fingerprint density at radius 3 is 2.89 bits per heavy atom. The van der Waals surface area contributed by atoms with Crippen molar-refractivity contribution in [2.45, 2.75) is 37.3 Å². The smallest absolute Gasteiger partial charge is 0.103 e. The lowest BCUT2D eigenvalue weighted by Crippen LogP contribution is -2.42. The van der Waals surface area contributed by atoms with Crippen LogP contribution >= 0.6 is 11.8 Å². The van der Waals surface area contributed by atoms with Gasteiger partial charge in [0.15, 0.2) is 0 Å². The average molecular weight is 263 g/mol. The quantitative estimate of drug-likeness (QED) is 0.878. The molecule has 0 radical (unpaired) electrons. The fourth-order valence-electron chi connectivity index (χ4n) is 3.07. The zero-order valence-electron chi connectivity index (χ0n) is 10.7. The summed E-state index contributed by atoms with van der Waals surface area (Å²) in [4.78, 5) is 0. The summed E-state index contributed by atoms with van der Waals surface area (Å²) >= 11 is 2.04. The number of hydrogen-bond donors (Lipinski definition) is 2. The van der Waals surface area contributed by atoms with Gasteiger partial charge < -0.3 is 10.4 Å². The molecule has 1 fully saturated rings. The molecule has 2 nitrogen and oxygen atoms in total. The van der Waals surface area contributed by atoms with Crippen molar-refractivity contribution in [1.29, 1.82) is 0 Å². The van der Waals surface area contributed by atoms with E-state index in [2.05, 4.69) is 23.5 Å². The molecule has 0 amide bonds. The van der Waals surface area contributed by atoms with E-state index in [1.165, 1.54) is 29.9 Å². The van der Waals surface area contributed by atoms with E-state index in [1.54, 1.807) is 0 Å². The Bertz CT molecular complexity index is 417. The Balaban J connectivity index is 1.65. The molecule has 98 valence electrons. The molecule has 3 heteroatoms. The number of aryl methyl sites for hydroxylation is 1. The number of aliphatic hydroxyl groups is 1. The standard InChI is InChI=1S/C15H21NOS/c17-15(11-16-13-6-9-18-10-7-13)8-5-12-3-1-2-4-14(12)15/h1-4,13,16-17H,5-11H2. The van der Waals surface area contributed by atoms with Gasteiger partial charge in [-0.15, -0.1) is 0 Å². The highest BCUT2D eigenvalue weighted by atomic mass is 32.2. The molecule has 3 rings (SSSR count). The molecule has 18 heavy (non-hydrogen) atoms. The number of hydrogen-bond acceptors (Lipinski definition) is 3. The first kappa shape index (κ1) is 12.5. The van der Waals surface area contributed by atoms with Crippen molar-refractivity contribution in [3.8, 4) is 0 Å². The van der Waals surface area contributed by atoms with Gasteiger partial charge in [-0.05, 0) is 48.3 Å². The third-order valence-electron chi connectivity index (χ3n) is 4.23. The molecule has 0 aromatic heterocycles. The van der Waals surface area contributed by atoms with Gasteiger partial charge in [-0.25, -0.2) is 0 Å². The largest absolute Gasteiger partial charge is 0.384 e. The van der Waals surface area contributed by atoms with Crippen LogP contribution in [0.25, 0.3) is 0 Å². The van der Waals surface area contributed by atoms with Crippen LogP contribution in [0.1, 0.15) is 30.4 Å². The molecule has 1 heterocycles. The molecule has 1 aromatic rings. The highest BCUT2D eigenvalue weighted by molar-refractivity contribution is 7.99. The highest BCUT2D eigenvalue weighted by Crippen LogP contribution is 2.36. The molecular weight excluding hydrogens is 242 g/mol. The van der Waals surface area contributed by atoms with Crippen molar-refractivity contribution in [1.82, 2.24) is 5.32 Å². The van der Waals surface area contributed by atoms with Crippen molar-refractivity contribution in [2.24, 2.45) is 0 Å². The zero-order chi connectivity index (χ0) is 12.4. The van der Waals surface area contributed by atoms with Crippen LogP contribution in [-0.2, 0) is 12.0 Å². The van der Waals surface area contributed by atoms with Crippen molar-refractivity contribution >= 4 is 11.8 Å². The summed E-state index contributed by atoms with van der Waals surface area (Å²) in [6.45, 7) is 0.708. The van der Waals surface area contributed by atoms with Gasteiger partial charge in [-0.1, -0.05) is 24.3 Å². The van der Waals surface area contributed by atoms with E-state index in [0.717, 1.165) is 18.4 Å². The van der Waals surface area contributed by atoms with Crippen LogP contribution in [0.5, 0.6) is 0 Å². The third kappa shape index (κ3) is 2.44. The summed E-state index contributed by atoms with van der Waals surface area (Å²) in [5.74, 6) is 2.51. The maximum absolute atomic E-state index is 10.8. The molecule has 2 N–H and O–H groups in total. The maximum Gasteiger partial charge on any atom is 0.103 e. The normalized spacial score (nSPS) is 28.3. The number of benzene rings is 1. The van der Waals surface area contributed by atoms with Gasteiger partial charge in [0.05, 0.1) is 0 Å². The summed E-state index contributed by atoms with van der Waals surface area (Å²) in [6.07, 6.45) is 4.35. The molecule has 1 atom stereocenters. The van der Waals surface area contributed by atoms with Crippen molar-refractivity contribution in [2.75, 3.05) is 18.1 Å². The van der Waals surface area contributed by atoms with Gasteiger partial charge in [0.1, 0.15) is 5.60 Å². The van der Waals surface area contributed by atoms with E-state index in [4.69, 9.17) is 0 Å². The molecule has 1 aliphatic carbocycles. The molecule has 1 saturated heterocycles. The first-order valence-electron chi connectivity index (χ1n) is 6.90. The minimum absolute atomic E-state index is 0.600. The molecule has 0 bridgehead atoms. The van der Waals surface area contributed by atoms with E-state index >= 15 is 0 Å². The van der Waals surface area contributed by atoms with Gasteiger partial charge in [0, 0.05) is 12.6 Å². The average Bonchev–Trinajstić information content (AvgIpc) is 2.77. The predicted molar refractivity (Wildman–Crippen MR) is 77.0 cm³/mol. The van der Waals surface area contributed by atoms with Gasteiger partial charge in [0.25, 0.3) is 0 Å². The summed E-state index contributed by atoms with van der Waals surface area (Å²) in [5.41, 5.74) is 1.82. The first-order valence-corrected chi connectivity index (χ1v) is 8.05. The summed E-state index contributed by atoms with van der Waals surface area (Å²) in [6, 6.07) is 8.93. The monoisotopic (exact) mass is 263 g/mol. The van der Waals surface area contributed by atoms with Gasteiger partial charge in [0.2, 0.25) is 0 Å². The molecule has 0 saturated carbocycles. The van der Waals surface area contributed by atoms with Crippen LogP contribution in [0, 0.1) is 0 Å². The molecule has 0 spiro atoms. The molecule has 1 unspecified atom stereocenters. The molecule has 1 aliphatic heterocycles. The van der Waals surface area contributed by atoms with Crippen LogP contribution < -0.4 is 5.32 Å². The van der Waals surface area contributed by atoms with Crippen LogP contribution in [-0.4, -0.2) is 29.2 Å². The lowest BCUT2D eigenvalue weighted by Gasteiger charge is -2.29. The Hall–Kier alpha value is -0.510. The van der Waals surface area contributed by atoms with Crippen LogP contribution in [0.2, 0.25) is 0 Å². The van der Waals surface area contributed by atoms with Gasteiger partial charge in [-0.2, -0.15) is 11.8 Å². The fraction of sp³-hybridized carbons (Fsp3) is 0.600. The number of rotatable bonds is 3. The minimum Gasteiger partial charge on any atom is -0.384 e. The second kappa shape index (κ2) is 5.24. The fourth-order valence-corrected chi connectivity index (χ4v) is 4.17. The molecule has 2 aliphatic rings. The van der Waals surface area contributed by atoms with Crippen LogP contribution in [0.15, 0.2) is 24.3 Å². The number of nitrogens with one attached hydrogen (secondary N) is 1. The Kier molecular flexibility index (Phi) is 3.64. The van der Waals surface area contributed by atoms with Crippen molar-refractivity contribution < 1.29 is 5.11 Å². The lowest BCUT2D eigenvalue weighted by atomic mass is 9.95. The zero-order valence-corrected chi connectivity index (χ0v) is 11.5. The highest BCUT2D eigenvalue weighted by Gasteiger charge is 2.36. The molecule has 1 aromatic carbocycles. The SMILES string of the molecule is OC1(CNC2CCSCC2)CCc2ccccc21. The van der Waals surface area contributed by atoms with Crippen molar-refractivity contribution in [3.63, 3.8) is 0 Å².